The Morgan fingerprint density at radius 3 is 2.72 bits per heavy atom. The molecule has 11 heteroatoms. The van der Waals surface area contributed by atoms with E-state index in [1.807, 2.05) is 12.1 Å². The molecule has 1 aliphatic carbocycles. The van der Waals surface area contributed by atoms with Crippen molar-refractivity contribution in [3.05, 3.63) is 40.1 Å². The van der Waals surface area contributed by atoms with Crippen molar-refractivity contribution in [1.29, 1.82) is 0 Å². The Bertz CT molecular complexity index is 1520. The van der Waals surface area contributed by atoms with Gasteiger partial charge in [-0.05, 0) is 56.6 Å². The van der Waals surface area contributed by atoms with Crippen LogP contribution in [-0.4, -0.2) is 55.5 Å². The molecular formula is C28H34ClN7O3. The van der Waals surface area contributed by atoms with Gasteiger partial charge in [0.1, 0.15) is 5.69 Å². The molecule has 6 rings (SSSR count). The molecule has 1 aliphatic heterocycles. The van der Waals surface area contributed by atoms with Crippen molar-refractivity contribution in [3.63, 3.8) is 0 Å². The maximum Gasteiger partial charge on any atom is 0.439 e. The van der Waals surface area contributed by atoms with Gasteiger partial charge in [0.25, 0.3) is 0 Å². The van der Waals surface area contributed by atoms with E-state index in [0.29, 0.717) is 22.3 Å². The summed E-state index contributed by atoms with van der Waals surface area (Å²) in [6.45, 7) is 6.24. The molecule has 1 saturated heterocycles. The van der Waals surface area contributed by atoms with Crippen LogP contribution in [0, 0.1) is 11.8 Å². The molecule has 1 saturated carbocycles. The van der Waals surface area contributed by atoms with E-state index in [0.717, 1.165) is 54.4 Å². The van der Waals surface area contributed by atoms with E-state index in [-0.39, 0.29) is 18.0 Å². The number of aromatic nitrogens is 6. The molecule has 0 aromatic carbocycles. The van der Waals surface area contributed by atoms with Crippen molar-refractivity contribution < 1.29 is 9.26 Å². The molecule has 0 amide bonds. The van der Waals surface area contributed by atoms with E-state index in [9.17, 15) is 4.79 Å². The first-order valence-corrected chi connectivity index (χ1v) is 14.2. The largest absolute Gasteiger partial charge is 0.439 e. The number of ether oxygens (including phenoxy) is 1. The normalized spacial score (nSPS) is 22.6. The van der Waals surface area contributed by atoms with Crippen LogP contribution in [0.3, 0.4) is 0 Å². The van der Waals surface area contributed by atoms with E-state index in [2.05, 4.69) is 38.4 Å². The van der Waals surface area contributed by atoms with Crippen LogP contribution in [-0.2, 0) is 11.3 Å². The van der Waals surface area contributed by atoms with Crippen molar-refractivity contribution >= 4 is 28.6 Å². The molecule has 0 bridgehead atoms. The van der Waals surface area contributed by atoms with Gasteiger partial charge in [0.05, 0.1) is 33.9 Å². The molecule has 2 unspecified atom stereocenters. The molecule has 4 aromatic heterocycles. The number of H-pyrrole nitrogens is 1. The number of fused-ring (bicyclic) bond motifs is 1. The lowest BCUT2D eigenvalue weighted by molar-refractivity contribution is 0.0960. The number of pyridine rings is 2. The maximum atomic E-state index is 11.8. The topological polar surface area (TPSA) is 115 Å². The van der Waals surface area contributed by atoms with E-state index >= 15 is 0 Å². The van der Waals surface area contributed by atoms with Crippen LogP contribution < -0.4 is 10.7 Å². The van der Waals surface area contributed by atoms with Crippen LogP contribution in [0.2, 0.25) is 5.02 Å². The first kappa shape index (κ1) is 26.0. The molecule has 39 heavy (non-hydrogen) atoms. The highest BCUT2D eigenvalue weighted by Crippen LogP contribution is 2.39. The van der Waals surface area contributed by atoms with Gasteiger partial charge in [0.2, 0.25) is 11.8 Å². The van der Waals surface area contributed by atoms with Gasteiger partial charge in [-0.1, -0.05) is 36.5 Å². The Balaban J connectivity index is 1.57. The molecule has 10 nitrogen and oxygen atoms in total. The summed E-state index contributed by atoms with van der Waals surface area (Å²) in [4.78, 5) is 31.3. The molecule has 4 aromatic rings. The summed E-state index contributed by atoms with van der Waals surface area (Å²) < 4.78 is 12.9. The molecule has 2 aliphatic rings. The highest BCUT2D eigenvalue weighted by Gasteiger charge is 2.34. The number of halogens is 1. The summed E-state index contributed by atoms with van der Waals surface area (Å²) in [6.07, 6.45) is 10.4. The Morgan fingerprint density at radius 2 is 2.00 bits per heavy atom. The summed E-state index contributed by atoms with van der Waals surface area (Å²) in [5.74, 6) is 1.87. The number of nitrogens with one attached hydrogen (secondary N) is 1. The number of rotatable bonds is 7. The third-order valence-electron chi connectivity index (χ3n) is 8.41. The quantitative estimate of drug-likeness (QED) is 0.328. The van der Waals surface area contributed by atoms with E-state index in [1.165, 1.54) is 25.7 Å². The minimum Gasteiger partial charge on any atom is -0.380 e. The van der Waals surface area contributed by atoms with Gasteiger partial charge in [0, 0.05) is 38.2 Å². The zero-order chi connectivity index (χ0) is 27.1. The molecule has 5 heterocycles. The lowest BCUT2D eigenvalue weighted by atomic mass is 9.83. The average Bonchev–Trinajstić information content (AvgIpc) is 3.67. The van der Waals surface area contributed by atoms with Crippen molar-refractivity contribution in [2.24, 2.45) is 11.8 Å². The van der Waals surface area contributed by atoms with Gasteiger partial charge in [0.15, 0.2) is 0 Å². The fraction of sp³-hybridized carbons (Fsp3) is 0.536. The molecule has 1 N–H and O–H groups in total. The van der Waals surface area contributed by atoms with Gasteiger partial charge < -0.3 is 14.2 Å². The zero-order valence-corrected chi connectivity index (χ0v) is 23.3. The second kappa shape index (κ2) is 10.7. The van der Waals surface area contributed by atoms with Crippen LogP contribution in [0.1, 0.15) is 52.4 Å². The highest BCUT2D eigenvalue weighted by molar-refractivity contribution is 6.30. The van der Waals surface area contributed by atoms with Crippen molar-refractivity contribution in [1.82, 2.24) is 29.7 Å². The summed E-state index contributed by atoms with van der Waals surface area (Å²) in [5, 5.41) is 4.41. The van der Waals surface area contributed by atoms with Crippen molar-refractivity contribution in [3.8, 4) is 22.8 Å². The minimum atomic E-state index is -0.635. The number of methoxy groups -OCH3 is 1. The van der Waals surface area contributed by atoms with E-state index in [1.54, 1.807) is 19.5 Å². The van der Waals surface area contributed by atoms with Crippen molar-refractivity contribution in [2.45, 2.75) is 71.1 Å². The predicted octanol–water partition coefficient (Wildman–Crippen LogP) is 5.32. The van der Waals surface area contributed by atoms with Crippen LogP contribution in [0.4, 0.5) is 5.95 Å². The van der Waals surface area contributed by atoms with Gasteiger partial charge >= 0.3 is 5.76 Å². The molecule has 206 valence electrons. The number of imidazole rings is 1. The number of nitrogens with zero attached hydrogens (tertiary/aromatic N) is 6. The number of hydrogen-bond acceptors (Lipinski definition) is 8. The number of aromatic amines is 1. The lowest BCUT2D eigenvalue weighted by Gasteiger charge is -2.32. The summed E-state index contributed by atoms with van der Waals surface area (Å²) in [6, 6.07) is 3.96. The zero-order valence-electron chi connectivity index (χ0n) is 22.6. The van der Waals surface area contributed by atoms with Crippen LogP contribution in [0.15, 0.2) is 33.8 Å². The van der Waals surface area contributed by atoms with Gasteiger partial charge in [-0.15, -0.1) is 0 Å². The molecule has 0 radical (unpaired) electrons. The summed E-state index contributed by atoms with van der Waals surface area (Å²) >= 11 is 6.38. The fourth-order valence-electron chi connectivity index (χ4n) is 6.20. The van der Waals surface area contributed by atoms with Gasteiger partial charge in [-0.3, -0.25) is 14.5 Å². The monoisotopic (exact) mass is 551 g/mol. The number of hydrogen-bond donors (Lipinski definition) is 1. The van der Waals surface area contributed by atoms with Crippen molar-refractivity contribution in [2.75, 3.05) is 18.6 Å². The lowest BCUT2D eigenvalue weighted by Crippen LogP contribution is -2.40. The summed E-state index contributed by atoms with van der Waals surface area (Å²) in [5.41, 5.74) is 3.63. The molecule has 2 fully saturated rings. The molecule has 0 spiro atoms. The molecule has 2 atom stereocenters. The second-order valence-corrected chi connectivity index (χ2v) is 11.5. The summed E-state index contributed by atoms with van der Waals surface area (Å²) in [7, 11) is 1.77. The third-order valence-corrected chi connectivity index (χ3v) is 8.62. The Morgan fingerprint density at radius 1 is 1.18 bits per heavy atom. The Labute approximate surface area is 231 Å². The van der Waals surface area contributed by atoms with Crippen LogP contribution in [0.25, 0.3) is 33.8 Å². The van der Waals surface area contributed by atoms with Gasteiger partial charge in [-0.2, -0.15) is 0 Å². The third kappa shape index (κ3) is 5.07. The Hall–Kier alpha value is -3.24. The first-order chi connectivity index (χ1) is 18.9. The standard InChI is InChI=1S/C28H34ClN7O3/c1-16-6-8-18(9-7-16)15-36-25-21(32-27(36)35-10-4-5-23(35)17(2)38-3)12-22(26-33-28(37)39-34-26)31-24(25)19-11-20(29)14-30-13-19/h11-14,16-18,23H,4-10,15H2,1-3H3,(H,33,34,37)/t16-,17?,18-,23?. The smallest absolute Gasteiger partial charge is 0.380 e. The fourth-order valence-corrected chi connectivity index (χ4v) is 6.37. The highest BCUT2D eigenvalue weighted by atomic mass is 35.5. The SMILES string of the molecule is COC(C)C1CCCN1c1nc2cc(-c3noc(=O)[nH]3)nc(-c3cncc(Cl)c3)c2n1C[C@H]1CC[C@H](C)CC1. The van der Waals surface area contributed by atoms with E-state index in [4.69, 9.17) is 30.8 Å². The van der Waals surface area contributed by atoms with Crippen LogP contribution in [0.5, 0.6) is 0 Å². The Kier molecular flexibility index (Phi) is 7.16. The minimum absolute atomic E-state index is 0.0711. The predicted molar refractivity (Wildman–Crippen MR) is 150 cm³/mol. The maximum absolute atomic E-state index is 11.8. The van der Waals surface area contributed by atoms with E-state index < -0.39 is 5.76 Å². The second-order valence-electron chi connectivity index (χ2n) is 11.1. The van der Waals surface area contributed by atoms with Gasteiger partial charge in [-0.25, -0.2) is 14.8 Å². The average molecular weight is 552 g/mol. The first-order valence-electron chi connectivity index (χ1n) is 13.8. The molecular weight excluding hydrogens is 518 g/mol. The van der Waals surface area contributed by atoms with Crippen LogP contribution >= 0.6 is 11.6 Å². The number of anilines is 1.